The number of carbonyl (C=O) groups excluding carboxylic acids is 1. The molecule has 0 radical (unpaired) electrons. The zero-order valence-electron chi connectivity index (χ0n) is 14.8. The molecule has 1 atom stereocenters. The Hall–Kier alpha value is -2.33. The third-order valence-electron chi connectivity index (χ3n) is 4.70. The third-order valence-corrected chi connectivity index (χ3v) is 4.70. The maximum atomic E-state index is 12.3. The summed E-state index contributed by atoms with van der Waals surface area (Å²) < 4.78 is 5.93. The molecular weight excluding hydrogens is 312 g/mol. The van der Waals surface area contributed by atoms with E-state index in [1.165, 1.54) is 6.42 Å². The van der Waals surface area contributed by atoms with E-state index in [9.17, 15) is 4.79 Å². The van der Waals surface area contributed by atoms with Crippen LogP contribution in [0.2, 0.25) is 0 Å². The molecule has 0 aliphatic carbocycles. The molecule has 3 rings (SSSR count). The third kappa shape index (κ3) is 4.60. The van der Waals surface area contributed by atoms with Crippen LogP contribution in [0.3, 0.4) is 0 Å². The lowest BCUT2D eigenvalue weighted by molar-refractivity contribution is -0.127. The number of likely N-dealkylation sites (tertiary alicyclic amines) is 1. The maximum Gasteiger partial charge on any atom is 0.237 e. The lowest BCUT2D eigenvalue weighted by atomic mass is 10.0. The second-order valence-electron chi connectivity index (χ2n) is 6.49. The first-order valence-electron chi connectivity index (χ1n) is 9.01. The van der Waals surface area contributed by atoms with Crippen molar-refractivity contribution in [3.8, 4) is 16.9 Å². The predicted octanol–water partition coefficient (Wildman–Crippen LogP) is 3.33. The number of nitrogens with one attached hydrogen (secondary N) is 1. The Morgan fingerprint density at radius 1 is 1.12 bits per heavy atom. The summed E-state index contributed by atoms with van der Waals surface area (Å²) in [6.07, 6.45) is 3.25. The summed E-state index contributed by atoms with van der Waals surface area (Å²) in [6, 6.07) is 18.2. The molecule has 1 amide bonds. The number of benzene rings is 2. The molecule has 1 heterocycles. The van der Waals surface area contributed by atoms with Crippen LogP contribution in [0.1, 0.15) is 19.3 Å². The minimum absolute atomic E-state index is 0.00496. The number of piperidine rings is 1. The molecule has 1 unspecified atom stereocenters. The Bertz CT molecular complexity index is 687. The average molecular weight is 338 g/mol. The molecule has 132 valence electrons. The number of hydrogen-bond acceptors (Lipinski definition) is 3. The fourth-order valence-electron chi connectivity index (χ4n) is 3.31. The van der Waals surface area contributed by atoms with Gasteiger partial charge in [0, 0.05) is 5.56 Å². The normalized spacial score (nSPS) is 17.9. The molecule has 0 bridgehead atoms. The Balaban J connectivity index is 1.52. The first-order valence-corrected chi connectivity index (χ1v) is 9.01. The molecular formula is C21H26N2O2. The fourth-order valence-corrected chi connectivity index (χ4v) is 3.31. The van der Waals surface area contributed by atoms with Gasteiger partial charge in [0.25, 0.3) is 0 Å². The smallest absolute Gasteiger partial charge is 0.237 e. The number of nitrogens with zero attached hydrogens (tertiary/aromatic N) is 1. The van der Waals surface area contributed by atoms with Gasteiger partial charge in [-0.05, 0) is 38.1 Å². The van der Waals surface area contributed by atoms with Gasteiger partial charge in [0.1, 0.15) is 12.4 Å². The first kappa shape index (κ1) is 17.5. The monoisotopic (exact) mass is 338 g/mol. The van der Waals surface area contributed by atoms with Crippen molar-refractivity contribution in [2.24, 2.45) is 0 Å². The van der Waals surface area contributed by atoms with Crippen LogP contribution in [0.25, 0.3) is 11.1 Å². The van der Waals surface area contributed by atoms with Crippen LogP contribution in [-0.2, 0) is 4.79 Å². The summed E-state index contributed by atoms with van der Waals surface area (Å²) in [7, 11) is 2.02. The first-order chi connectivity index (χ1) is 12.3. The predicted molar refractivity (Wildman–Crippen MR) is 101 cm³/mol. The number of para-hydroxylation sites is 1. The van der Waals surface area contributed by atoms with Crippen LogP contribution in [0.4, 0.5) is 0 Å². The van der Waals surface area contributed by atoms with Crippen LogP contribution in [0, 0.1) is 0 Å². The van der Waals surface area contributed by atoms with E-state index in [4.69, 9.17) is 4.74 Å². The molecule has 1 aliphatic rings. The largest absolute Gasteiger partial charge is 0.491 e. The number of hydrogen-bond donors (Lipinski definition) is 1. The van der Waals surface area contributed by atoms with Crippen molar-refractivity contribution in [1.29, 1.82) is 0 Å². The van der Waals surface area contributed by atoms with Gasteiger partial charge in [0.05, 0.1) is 12.6 Å². The van der Waals surface area contributed by atoms with E-state index >= 15 is 0 Å². The van der Waals surface area contributed by atoms with Crippen molar-refractivity contribution in [1.82, 2.24) is 10.2 Å². The SMILES string of the molecule is CN1CCCCC1C(=O)NCCOc1ccccc1-c1ccccc1. The Morgan fingerprint density at radius 3 is 2.68 bits per heavy atom. The van der Waals surface area contributed by atoms with Crippen LogP contribution >= 0.6 is 0 Å². The summed E-state index contributed by atoms with van der Waals surface area (Å²) in [5.41, 5.74) is 2.20. The lowest BCUT2D eigenvalue weighted by Gasteiger charge is -2.31. The van der Waals surface area contributed by atoms with Gasteiger partial charge in [-0.15, -0.1) is 0 Å². The van der Waals surface area contributed by atoms with Crippen molar-refractivity contribution in [3.63, 3.8) is 0 Å². The molecule has 1 N–H and O–H groups in total. The van der Waals surface area contributed by atoms with Crippen LogP contribution in [0.15, 0.2) is 54.6 Å². The van der Waals surface area contributed by atoms with Gasteiger partial charge in [-0.2, -0.15) is 0 Å². The van der Waals surface area contributed by atoms with E-state index in [-0.39, 0.29) is 11.9 Å². The van der Waals surface area contributed by atoms with Gasteiger partial charge in [-0.1, -0.05) is 55.0 Å². The molecule has 0 spiro atoms. The molecule has 2 aromatic rings. The van der Waals surface area contributed by atoms with Crippen LogP contribution < -0.4 is 10.1 Å². The molecule has 1 fully saturated rings. The van der Waals surface area contributed by atoms with Crippen LogP contribution in [0.5, 0.6) is 5.75 Å². The quantitative estimate of drug-likeness (QED) is 0.822. The second kappa shape index (κ2) is 8.67. The lowest BCUT2D eigenvalue weighted by Crippen LogP contribution is -2.48. The zero-order valence-corrected chi connectivity index (χ0v) is 14.8. The van der Waals surface area contributed by atoms with Gasteiger partial charge in [-0.25, -0.2) is 0 Å². The zero-order chi connectivity index (χ0) is 17.5. The van der Waals surface area contributed by atoms with Crippen molar-refractivity contribution >= 4 is 5.91 Å². The number of likely N-dealkylation sites (N-methyl/N-ethyl adjacent to an activating group) is 1. The van der Waals surface area contributed by atoms with E-state index < -0.39 is 0 Å². The standard InChI is InChI=1S/C21H26N2O2/c1-23-15-8-7-12-19(23)21(24)22-14-16-25-20-13-6-5-11-18(20)17-9-3-2-4-10-17/h2-6,9-11,13,19H,7-8,12,14-16H2,1H3,(H,22,24). The molecule has 1 saturated heterocycles. The van der Waals surface area contributed by atoms with Crippen molar-refractivity contribution in [2.45, 2.75) is 25.3 Å². The van der Waals surface area contributed by atoms with Gasteiger partial charge >= 0.3 is 0 Å². The van der Waals surface area contributed by atoms with E-state index in [0.717, 1.165) is 36.3 Å². The van der Waals surface area contributed by atoms with E-state index in [2.05, 4.69) is 28.4 Å². The van der Waals surface area contributed by atoms with Crippen molar-refractivity contribution in [3.05, 3.63) is 54.6 Å². The molecule has 4 nitrogen and oxygen atoms in total. The van der Waals surface area contributed by atoms with Crippen molar-refractivity contribution < 1.29 is 9.53 Å². The Morgan fingerprint density at radius 2 is 1.88 bits per heavy atom. The summed E-state index contributed by atoms with van der Waals surface area (Å²) in [6.45, 7) is 1.98. The number of amides is 1. The number of ether oxygens (including phenoxy) is 1. The van der Waals surface area contributed by atoms with Gasteiger partial charge in [-0.3, -0.25) is 9.69 Å². The average Bonchev–Trinajstić information content (AvgIpc) is 2.66. The summed E-state index contributed by atoms with van der Waals surface area (Å²) in [5, 5.41) is 3.01. The number of carbonyl (C=O) groups is 1. The molecule has 0 saturated carbocycles. The highest BCUT2D eigenvalue weighted by Gasteiger charge is 2.25. The maximum absolute atomic E-state index is 12.3. The minimum atomic E-state index is 0.00496. The fraction of sp³-hybridized carbons (Fsp3) is 0.381. The highest BCUT2D eigenvalue weighted by Crippen LogP contribution is 2.29. The summed E-state index contributed by atoms with van der Waals surface area (Å²) in [4.78, 5) is 14.4. The van der Waals surface area contributed by atoms with Gasteiger partial charge in [0.2, 0.25) is 5.91 Å². The van der Waals surface area contributed by atoms with Gasteiger partial charge in [0.15, 0.2) is 0 Å². The summed E-state index contributed by atoms with van der Waals surface area (Å²) >= 11 is 0. The Labute approximate surface area is 149 Å². The molecule has 0 aromatic heterocycles. The van der Waals surface area contributed by atoms with E-state index in [1.54, 1.807) is 0 Å². The topological polar surface area (TPSA) is 41.6 Å². The molecule has 4 heteroatoms. The highest BCUT2D eigenvalue weighted by molar-refractivity contribution is 5.81. The molecule has 25 heavy (non-hydrogen) atoms. The van der Waals surface area contributed by atoms with Crippen LogP contribution in [-0.4, -0.2) is 43.6 Å². The molecule has 2 aromatic carbocycles. The van der Waals surface area contributed by atoms with Gasteiger partial charge < -0.3 is 10.1 Å². The highest BCUT2D eigenvalue weighted by atomic mass is 16.5. The minimum Gasteiger partial charge on any atom is -0.491 e. The number of rotatable bonds is 6. The molecule has 1 aliphatic heterocycles. The van der Waals surface area contributed by atoms with E-state index in [0.29, 0.717) is 13.2 Å². The summed E-state index contributed by atoms with van der Waals surface area (Å²) in [5.74, 6) is 0.958. The Kier molecular flexibility index (Phi) is 6.07. The second-order valence-corrected chi connectivity index (χ2v) is 6.49. The van der Waals surface area contributed by atoms with Crippen molar-refractivity contribution in [2.75, 3.05) is 26.7 Å². The van der Waals surface area contributed by atoms with E-state index in [1.807, 2.05) is 43.4 Å².